The third-order valence-electron chi connectivity index (χ3n) is 2.69. The standard InChI is InChI=1S/C14H11Br2Cl2NO/c1-20-14-12(16)5-10(18)6-13(14)19-7-8-4-9(17)2-3-11(8)15/h2-6,19H,7H2,1H3. The van der Waals surface area contributed by atoms with E-state index >= 15 is 0 Å². The zero-order chi connectivity index (χ0) is 14.7. The van der Waals surface area contributed by atoms with Crippen LogP contribution in [0.3, 0.4) is 0 Å². The van der Waals surface area contributed by atoms with Crippen molar-refractivity contribution in [2.24, 2.45) is 0 Å². The Labute approximate surface area is 144 Å². The average molecular weight is 440 g/mol. The summed E-state index contributed by atoms with van der Waals surface area (Å²) in [6, 6.07) is 9.28. The van der Waals surface area contributed by atoms with Gasteiger partial charge in [0, 0.05) is 21.1 Å². The van der Waals surface area contributed by atoms with E-state index < -0.39 is 0 Å². The summed E-state index contributed by atoms with van der Waals surface area (Å²) < 4.78 is 7.17. The lowest BCUT2D eigenvalue weighted by Crippen LogP contribution is -2.02. The quantitative estimate of drug-likeness (QED) is 0.617. The van der Waals surface area contributed by atoms with Crippen molar-refractivity contribution in [2.75, 3.05) is 12.4 Å². The van der Waals surface area contributed by atoms with Gasteiger partial charge in [0.25, 0.3) is 0 Å². The normalized spacial score (nSPS) is 10.4. The van der Waals surface area contributed by atoms with E-state index in [0.717, 1.165) is 20.2 Å². The lowest BCUT2D eigenvalue weighted by molar-refractivity contribution is 0.414. The Morgan fingerprint density at radius 1 is 1.05 bits per heavy atom. The molecular weight excluding hydrogens is 429 g/mol. The molecule has 106 valence electrons. The average Bonchev–Trinajstić information content (AvgIpc) is 2.39. The number of rotatable bonds is 4. The number of halogens is 4. The molecule has 0 amide bonds. The van der Waals surface area contributed by atoms with Crippen molar-refractivity contribution in [3.8, 4) is 5.75 Å². The summed E-state index contributed by atoms with van der Waals surface area (Å²) in [5, 5.41) is 4.63. The summed E-state index contributed by atoms with van der Waals surface area (Å²) in [5.41, 5.74) is 1.87. The summed E-state index contributed by atoms with van der Waals surface area (Å²) >= 11 is 19.0. The predicted octanol–water partition coefficient (Wildman–Crippen LogP) is 6.14. The fourth-order valence-corrected chi connectivity index (χ4v) is 3.32. The van der Waals surface area contributed by atoms with Crippen LogP contribution in [-0.4, -0.2) is 7.11 Å². The Kier molecular flexibility index (Phi) is 5.61. The highest BCUT2D eigenvalue weighted by atomic mass is 79.9. The Balaban J connectivity index is 2.24. The van der Waals surface area contributed by atoms with E-state index in [1.165, 1.54) is 0 Å². The van der Waals surface area contributed by atoms with Crippen molar-refractivity contribution >= 4 is 60.7 Å². The van der Waals surface area contributed by atoms with Gasteiger partial charge in [-0.2, -0.15) is 0 Å². The predicted molar refractivity (Wildman–Crippen MR) is 92.2 cm³/mol. The zero-order valence-electron chi connectivity index (χ0n) is 10.5. The van der Waals surface area contributed by atoms with E-state index in [-0.39, 0.29) is 0 Å². The zero-order valence-corrected chi connectivity index (χ0v) is 15.2. The highest BCUT2D eigenvalue weighted by molar-refractivity contribution is 9.10. The van der Waals surface area contributed by atoms with Gasteiger partial charge in [0.2, 0.25) is 0 Å². The van der Waals surface area contributed by atoms with Gasteiger partial charge in [-0.1, -0.05) is 39.1 Å². The molecule has 6 heteroatoms. The third-order valence-corrected chi connectivity index (χ3v) is 4.51. The first-order valence-electron chi connectivity index (χ1n) is 5.72. The summed E-state index contributed by atoms with van der Waals surface area (Å²) in [6.45, 7) is 0.601. The van der Waals surface area contributed by atoms with Crippen molar-refractivity contribution < 1.29 is 4.74 Å². The Morgan fingerprint density at radius 2 is 1.80 bits per heavy atom. The lowest BCUT2D eigenvalue weighted by atomic mass is 10.2. The van der Waals surface area contributed by atoms with Gasteiger partial charge in [-0.05, 0) is 51.8 Å². The maximum Gasteiger partial charge on any atom is 0.156 e. The molecule has 1 N–H and O–H groups in total. The smallest absolute Gasteiger partial charge is 0.156 e. The minimum atomic E-state index is 0.601. The van der Waals surface area contributed by atoms with Crippen LogP contribution in [0.1, 0.15) is 5.56 Å². The van der Waals surface area contributed by atoms with Crippen LogP contribution in [-0.2, 0) is 6.54 Å². The molecule has 0 bridgehead atoms. The van der Waals surface area contributed by atoms with Crippen molar-refractivity contribution in [1.82, 2.24) is 0 Å². The van der Waals surface area contributed by atoms with Crippen molar-refractivity contribution in [3.63, 3.8) is 0 Å². The number of anilines is 1. The Bertz CT molecular complexity index is 635. The summed E-state index contributed by atoms with van der Waals surface area (Å²) in [5.74, 6) is 0.715. The van der Waals surface area contributed by atoms with Gasteiger partial charge in [-0.25, -0.2) is 0 Å². The van der Waals surface area contributed by atoms with E-state index in [4.69, 9.17) is 27.9 Å². The van der Waals surface area contributed by atoms with Crippen LogP contribution in [0.2, 0.25) is 10.0 Å². The lowest BCUT2D eigenvalue weighted by Gasteiger charge is -2.14. The maximum atomic E-state index is 6.06. The second kappa shape index (κ2) is 7.03. The number of nitrogens with one attached hydrogen (secondary N) is 1. The minimum absolute atomic E-state index is 0.601. The van der Waals surface area contributed by atoms with Crippen molar-refractivity contribution in [3.05, 3.63) is 54.9 Å². The van der Waals surface area contributed by atoms with Crippen LogP contribution in [0.15, 0.2) is 39.3 Å². The molecule has 0 unspecified atom stereocenters. The summed E-state index contributed by atoms with van der Waals surface area (Å²) in [7, 11) is 1.62. The van der Waals surface area contributed by atoms with Crippen LogP contribution in [0.4, 0.5) is 5.69 Å². The molecule has 0 aliphatic rings. The molecule has 0 heterocycles. The minimum Gasteiger partial charge on any atom is -0.493 e. The molecule has 20 heavy (non-hydrogen) atoms. The number of ether oxygens (including phenoxy) is 1. The number of hydrogen-bond donors (Lipinski definition) is 1. The van der Waals surface area contributed by atoms with E-state index in [2.05, 4.69) is 37.2 Å². The summed E-state index contributed by atoms with van der Waals surface area (Å²) in [6.07, 6.45) is 0. The molecule has 0 aromatic heterocycles. The van der Waals surface area contributed by atoms with E-state index in [9.17, 15) is 0 Å². The second-order valence-electron chi connectivity index (χ2n) is 4.06. The largest absolute Gasteiger partial charge is 0.493 e. The van der Waals surface area contributed by atoms with Gasteiger partial charge >= 0.3 is 0 Å². The molecule has 0 aliphatic heterocycles. The molecule has 2 rings (SSSR count). The molecular formula is C14H11Br2Cl2NO. The summed E-state index contributed by atoms with van der Waals surface area (Å²) in [4.78, 5) is 0. The Morgan fingerprint density at radius 3 is 2.50 bits per heavy atom. The topological polar surface area (TPSA) is 21.3 Å². The first-order chi connectivity index (χ1) is 9.51. The van der Waals surface area contributed by atoms with Crippen LogP contribution in [0.5, 0.6) is 5.75 Å². The van der Waals surface area contributed by atoms with Crippen LogP contribution < -0.4 is 10.1 Å². The van der Waals surface area contributed by atoms with Gasteiger partial charge in [-0.15, -0.1) is 0 Å². The third kappa shape index (κ3) is 3.82. The molecule has 2 aromatic carbocycles. The van der Waals surface area contributed by atoms with Crippen LogP contribution in [0, 0.1) is 0 Å². The van der Waals surface area contributed by atoms with Gasteiger partial charge in [-0.3, -0.25) is 0 Å². The fourth-order valence-electron chi connectivity index (χ4n) is 1.77. The first-order valence-corrected chi connectivity index (χ1v) is 8.06. The highest BCUT2D eigenvalue weighted by Gasteiger charge is 2.10. The maximum absolute atomic E-state index is 6.06. The number of hydrogen-bond acceptors (Lipinski definition) is 2. The van der Waals surface area contributed by atoms with Crippen LogP contribution in [0.25, 0.3) is 0 Å². The highest BCUT2D eigenvalue weighted by Crippen LogP contribution is 2.36. The van der Waals surface area contributed by atoms with Crippen molar-refractivity contribution in [1.29, 1.82) is 0 Å². The van der Waals surface area contributed by atoms with Gasteiger partial charge in [0.05, 0.1) is 17.3 Å². The number of methoxy groups -OCH3 is 1. The molecule has 0 fully saturated rings. The second-order valence-corrected chi connectivity index (χ2v) is 6.64. The molecule has 0 saturated heterocycles. The molecule has 2 nitrogen and oxygen atoms in total. The monoisotopic (exact) mass is 437 g/mol. The van der Waals surface area contributed by atoms with E-state index in [1.807, 2.05) is 24.3 Å². The van der Waals surface area contributed by atoms with Crippen molar-refractivity contribution in [2.45, 2.75) is 6.54 Å². The molecule has 0 radical (unpaired) electrons. The SMILES string of the molecule is COc1c(Br)cc(Cl)cc1NCc1cc(Cl)ccc1Br. The molecule has 0 saturated carbocycles. The number of benzene rings is 2. The fraction of sp³-hybridized carbons (Fsp3) is 0.143. The van der Waals surface area contributed by atoms with Gasteiger partial charge in [0.15, 0.2) is 5.75 Å². The Hall–Kier alpha value is -0.420. The van der Waals surface area contributed by atoms with Crippen LogP contribution >= 0.6 is 55.1 Å². The first kappa shape index (κ1) is 16.0. The molecule has 0 aliphatic carbocycles. The molecule has 2 aromatic rings. The molecule has 0 atom stereocenters. The molecule has 0 spiro atoms. The van der Waals surface area contributed by atoms with Gasteiger partial charge < -0.3 is 10.1 Å². The van der Waals surface area contributed by atoms with Gasteiger partial charge in [0.1, 0.15) is 0 Å². The van der Waals surface area contributed by atoms with E-state index in [1.54, 1.807) is 13.2 Å². The van der Waals surface area contributed by atoms with E-state index in [0.29, 0.717) is 22.3 Å².